The number of hydrogen-bond acceptors (Lipinski definition) is 6. The lowest BCUT2D eigenvalue weighted by molar-refractivity contribution is -0.116. The van der Waals surface area contributed by atoms with Gasteiger partial charge in [0.25, 0.3) is 11.5 Å². The van der Waals surface area contributed by atoms with E-state index in [2.05, 4.69) is 10.3 Å². The Morgan fingerprint density at radius 3 is 2.54 bits per heavy atom. The van der Waals surface area contributed by atoms with Crippen molar-refractivity contribution in [1.82, 2.24) is 14.5 Å². The highest BCUT2D eigenvalue weighted by atomic mass is 32.1. The van der Waals surface area contributed by atoms with Gasteiger partial charge in [0.05, 0.1) is 36.0 Å². The maximum absolute atomic E-state index is 13.5. The molecule has 0 bridgehead atoms. The van der Waals surface area contributed by atoms with Gasteiger partial charge in [-0.1, -0.05) is 42.5 Å². The van der Waals surface area contributed by atoms with Crippen LogP contribution in [0.2, 0.25) is 0 Å². The Kier molecular flexibility index (Phi) is 6.43. The van der Waals surface area contributed by atoms with Crippen molar-refractivity contribution in [3.8, 4) is 10.4 Å². The van der Waals surface area contributed by atoms with Gasteiger partial charge < -0.3 is 15.0 Å². The average molecular weight is 489 g/mol. The lowest BCUT2D eigenvalue weighted by Gasteiger charge is -2.27. The third-order valence-corrected chi connectivity index (χ3v) is 7.26. The zero-order valence-electron chi connectivity index (χ0n) is 19.2. The summed E-state index contributed by atoms with van der Waals surface area (Å²) in [7, 11) is 0. The van der Waals surface area contributed by atoms with Gasteiger partial charge in [-0.25, -0.2) is 4.98 Å². The molecule has 1 N–H and O–H groups in total. The molecule has 0 spiro atoms. The van der Waals surface area contributed by atoms with Gasteiger partial charge in [-0.3, -0.25) is 19.0 Å². The molecule has 8 nitrogen and oxygen atoms in total. The fraction of sp³-hybridized carbons (Fsp3) is 0.231. The van der Waals surface area contributed by atoms with Gasteiger partial charge in [0.15, 0.2) is 0 Å². The molecule has 178 valence electrons. The van der Waals surface area contributed by atoms with Crippen LogP contribution in [0.15, 0.2) is 65.6 Å². The molecule has 9 heteroatoms. The number of rotatable bonds is 5. The minimum atomic E-state index is -0.389. The second kappa shape index (κ2) is 9.81. The average Bonchev–Trinajstić information content (AvgIpc) is 3.21. The van der Waals surface area contributed by atoms with Crippen molar-refractivity contribution in [1.29, 1.82) is 0 Å². The molecule has 1 saturated heterocycles. The maximum atomic E-state index is 13.5. The van der Waals surface area contributed by atoms with Crippen LogP contribution in [0.5, 0.6) is 0 Å². The first-order valence-electron chi connectivity index (χ1n) is 11.3. The summed E-state index contributed by atoms with van der Waals surface area (Å²) in [5.41, 5.74) is 3.11. The van der Waals surface area contributed by atoms with Crippen LogP contribution in [-0.4, -0.2) is 52.6 Å². The van der Waals surface area contributed by atoms with E-state index in [1.54, 1.807) is 23.1 Å². The Hall–Kier alpha value is -3.82. The molecular weight excluding hydrogens is 464 g/mol. The molecule has 0 radical (unpaired) electrons. The lowest BCUT2D eigenvalue weighted by Crippen LogP contribution is -2.41. The quantitative estimate of drug-likeness (QED) is 0.464. The van der Waals surface area contributed by atoms with Crippen LogP contribution < -0.4 is 10.9 Å². The highest BCUT2D eigenvalue weighted by molar-refractivity contribution is 7.20. The Labute approximate surface area is 205 Å². The Morgan fingerprint density at radius 2 is 1.77 bits per heavy atom. The molecule has 2 amide bonds. The molecule has 5 rings (SSSR count). The predicted octanol–water partition coefficient (Wildman–Crippen LogP) is 3.54. The molecule has 35 heavy (non-hydrogen) atoms. The fourth-order valence-electron chi connectivity index (χ4n) is 4.24. The molecule has 3 heterocycles. The molecule has 4 aromatic rings. The summed E-state index contributed by atoms with van der Waals surface area (Å²) in [6.45, 7) is 3.69. The van der Waals surface area contributed by atoms with Gasteiger partial charge in [-0.05, 0) is 30.2 Å². The molecule has 2 aromatic carbocycles. The zero-order valence-corrected chi connectivity index (χ0v) is 20.0. The summed E-state index contributed by atoms with van der Waals surface area (Å²) in [6.07, 6.45) is 1.21. The standard InChI is InChI=1S/C26H24N4O4S/c1-17-23(26(33)29-11-13-34-14-12-29)25(35-24(17)18-7-3-2-4-8-18)28-21(31)16-30-20-10-6-5-9-19(20)27-15-22(30)32/h2-10,15H,11-14,16H2,1H3,(H,28,31). The van der Waals surface area contributed by atoms with E-state index in [9.17, 15) is 14.4 Å². The van der Waals surface area contributed by atoms with E-state index in [0.717, 1.165) is 16.0 Å². The van der Waals surface area contributed by atoms with E-state index in [1.807, 2.05) is 43.3 Å². The van der Waals surface area contributed by atoms with E-state index >= 15 is 0 Å². The first-order valence-corrected chi connectivity index (χ1v) is 12.1. The summed E-state index contributed by atoms with van der Waals surface area (Å²) in [5, 5.41) is 3.40. The van der Waals surface area contributed by atoms with Crippen molar-refractivity contribution in [3.63, 3.8) is 0 Å². The number of hydrogen-bond donors (Lipinski definition) is 1. The molecule has 0 saturated carbocycles. The Morgan fingerprint density at radius 1 is 1.06 bits per heavy atom. The smallest absolute Gasteiger partial charge is 0.269 e. The summed E-state index contributed by atoms with van der Waals surface area (Å²) in [4.78, 5) is 46.0. The SMILES string of the molecule is Cc1c(-c2ccccc2)sc(NC(=O)Cn2c(=O)cnc3ccccc32)c1C(=O)N1CCOCC1. The molecule has 2 aromatic heterocycles. The van der Waals surface area contributed by atoms with Crippen molar-refractivity contribution >= 4 is 39.2 Å². The molecule has 0 atom stereocenters. The molecule has 1 fully saturated rings. The molecular formula is C26H24N4O4S. The number of carbonyl (C=O) groups excluding carboxylic acids is 2. The monoisotopic (exact) mass is 488 g/mol. The van der Waals surface area contributed by atoms with Crippen molar-refractivity contribution in [2.75, 3.05) is 31.6 Å². The normalized spacial score (nSPS) is 13.7. The number of aromatic nitrogens is 2. The van der Waals surface area contributed by atoms with Crippen molar-refractivity contribution in [3.05, 3.63) is 82.3 Å². The number of para-hydroxylation sites is 2. The number of nitrogens with zero attached hydrogens (tertiary/aromatic N) is 3. The summed E-state index contributed by atoms with van der Waals surface area (Å²) >= 11 is 1.37. The van der Waals surface area contributed by atoms with Crippen molar-refractivity contribution in [2.45, 2.75) is 13.5 Å². The molecule has 1 aliphatic rings. The number of ether oxygens (including phenoxy) is 1. The van der Waals surface area contributed by atoms with Gasteiger partial charge in [0.2, 0.25) is 5.91 Å². The van der Waals surface area contributed by atoms with Gasteiger partial charge in [0, 0.05) is 18.0 Å². The lowest BCUT2D eigenvalue weighted by atomic mass is 10.1. The van der Waals surface area contributed by atoms with Crippen molar-refractivity contribution < 1.29 is 14.3 Å². The van der Waals surface area contributed by atoms with Crippen LogP contribution in [0.3, 0.4) is 0 Å². The number of morpholine rings is 1. The van der Waals surface area contributed by atoms with Crippen LogP contribution in [0.25, 0.3) is 21.5 Å². The maximum Gasteiger partial charge on any atom is 0.269 e. The summed E-state index contributed by atoms with van der Waals surface area (Å²) in [5.74, 6) is -0.522. The Balaban J connectivity index is 1.50. The minimum absolute atomic E-state index is 0.133. The predicted molar refractivity (Wildman–Crippen MR) is 136 cm³/mol. The van der Waals surface area contributed by atoms with Crippen LogP contribution in [0.1, 0.15) is 15.9 Å². The minimum Gasteiger partial charge on any atom is -0.378 e. The van der Waals surface area contributed by atoms with Gasteiger partial charge in [-0.2, -0.15) is 0 Å². The third-order valence-electron chi connectivity index (χ3n) is 6.00. The van der Waals surface area contributed by atoms with E-state index in [-0.39, 0.29) is 23.9 Å². The number of amides is 2. The second-order valence-electron chi connectivity index (χ2n) is 8.25. The van der Waals surface area contributed by atoms with Gasteiger partial charge in [0.1, 0.15) is 11.5 Å². The highest BCUT2D eigenvalue weighted by Gasteiger charge is 2.28. The van der Waals surface area contributed by atoms with Crippen LogP contribution in [0, 0.1) is 6.92 Å². The van der Waals surface area contributed by atoms with Crippen molar-refractivity contribution in [2.24, 2.45) is 0 Å². The first-order chi connectivity index (χ1) is 17.0. The van der Waals surface area contributed by atoms with Crippen LogP contribution in [-0.2, 0) is 16.1 Å². The third kappa shape index (κ3) is 4.60. The Bertz CT molecular complexity index is 1460. The fourth-order valence-corrected chi connectivity index (χ4v) is 5.46. The number of fused-ring (bicyclic) bond motifs is 1. The van der Waals surface area contributed by atoms with Gasteiger partial charge >= 0.3 is 0 Å². The summed E-state index contributed by atoms with van der Waals surface area (Å²) in [6, 6.07) is 17.0. The van der Waals surface area contributed by atoms with E-state index < -0.39 is 0 Å². The number of carbonyl (C=O) groups is 2. The van der Waals surface area contributed by atoms with E-state index in [1.165, 1.54) is 22.1 Å². The molecule has 1 aliphatic heterocycles. The molecule has 0 unspecified atom stereocenters. The number of anilines is 1. The van der Waals surface area contributed by atoms with E-state index in [0.29, 0.717) is 47.9 Å². The molecule has 0 aliphatic carbocycles. The number of thiophene rings is 1. The highest BCUT2D eigenvalue weighted by Crippen LogP contribution is 2.40. The van der Waals surface area contributed by atoms with Crippen LogP contribution >= 0.6 is 11.3 Å². The number of nitrogens with one attached hydrogen (secondary N) is 1. The van der Waals surface area contributed by atoms with E-state index in [4.69, 9.17) is 4.74 Å². The zero-order chi connectivity index (χ0) is 24.4. The summed E-state index contributed by atoms with van der Waals surface area (Å²) < 4.78 is 6.79. The van der Waals surface area contributed by atoms with Crippen LogP contribution in [0.4, 0.5) is 5.00 Å². The first kappa shape index (κ1) is 22.9. The number of benzene rings is 2. The largest absolute Gasteiger partial charge is 0.378 e. The second-order valence-corrected chi connectivity index (χ2v) is 9.27. The van der Waals surface area contributed by atoms with Gasteiger partial charge in [-0.15, -0.1) is 11.3 Å². The topological polar surface area (TPSA) is 93.5 Å².